The lowest BCUT2D eigenvalue weighted by Crippen LogP contribution is -2.45. The van der Waals surface area contributed by atoms with Crippen LogP contribution in [0.4, 0.5) is 30.6 Å². The number of carbonyl (C=O) groups is 1. The van der Waals surface area contributed by atoms with E-state index in [9.17, 15) is 13.6 Å². The number of amides is 2. The molecule has 0 N–H and O–H groups in total. The van der Waals surface area contributed by atoms with Crippen LogP contribution in [0.5, 0.6) is 11.6 Å². The Labute approximate surface area is 193 Å². The molecule has 0 radical (unpaired) electrons. The van der Waals surface area contributed by atoms with E-state index in [0.717, 1.165) is 10.9 Å². The van der Waals surface area contributed by atoms with Crippen LogP contribution in [0.15, 0.2) is 54.7 Å². The number of ether oxygens (including phenoxy) is 2. The average molecular weight is 466 g/mol. The van der Waals surface area contributed by atoms with Crippen molar-refractivity contribution in [3.05, 3.63) is 60.4 Å². The molecule has 0 fully saturated rings. The van der Waals surface area contributed by atoms with Gasteiger partial charge in [0.2, 0.25) is 5.88 Å². The van der Waals surface area contributed by atoms with Gasteiger partial charge in [-0.05, 0) is 49.4 Å². The second kappa shape index (κ2) is 8.58. The SMILES string of the molecule is CCOc1cc2c(nn1)CN(c1ccc3nn(C)cc3c1)C(=O)N2c1ccc(OC(F)F)cc1. The molecule has 1 aliphatic heterocycles. The zero-order valence-electron chi connectivity index (χ0n) is 18.4. The van der Waals surface area contributed by atoms with Crippen molar-refractivity contribution in [3.8, 4) is 11.6 Å². The fraction of sp³-hybridized carbons (Fsp3) is 0.217. The first-order valence-corrected chi connectivity index (χ1v) is 10.5. The summed E-state index contributed by atoms with van der Waals surface area (Å²) in [5.74, 6) is 0.270. The van der Waals surface area contributed by atoms with Crippen LogP contribution in [0.2, 0.25) is 0 Å². The lowest BCUT2D eigenvalue weighted by Gasteiger charge is -2.36. The molecular weight excluding hydrogens is 446 g/mol. The van der Waals surface area contributed by atoms with Gasteiger partial charge in [0, 0.05) is 30.4 Å². The van der Waals surface area contributed by atoms with Crippen LogP contribution >= 0.6 is 0 Å². The van der Waals surface area contributed by atoms with Crippen molar-refractivity contribution in [2.45, 2.75) is 20.1 Å². The van der Waals surface area contributed by atoms with Crippen molar-refractivity contribution in [1.82, 2.24) is 20.0 Å². The number of anilines is 3. The fourth-order valence-electron chi connectivity index (χ4n) is 3.89. The van der Waals surface area contributed by atoms with Gasteiger partial charge in [-0.25, -0.2) is 4.79 Å². The van der Waals surface area contributed by atoms with Crippen molar-refractivity contribution in [3.63, 3.8) is 0 Å². The van der Waals surface area contributed by atoms with Crippen LogP contribution in [0.25, 0.3) is 10.9 Å². The van der Waals surface area contributed by atoms with Crippen molar-refractivity contribution >= 4 is 34.0 Å². The fourth-order valence-corrected chi connectivity index (χ4v) is 3.89. The summed E-state index contributed by atoms with van der Waals surface area (Å²) in [5.41, 5.74) is 2.99. The number of urea groups is 1. The molecule has 0 bridgehead atoms. The minimum absolute atomic E-state index is 0.00910. The Balaban J connectivity index is 1.58. The monoisotopic (exact) mass is 466 g/mol. The maximum absolute atomic E-state index is 13.8. The number of hydrogen-bond acceptors (Lipinski definition) is 6. The first-order valence-electron chi connectivity index (χ1n) is 10.5. The predicted octanol–water partition coefficient (Wildman–Crippen LogP) is 4.64. The second-order valence-corrected chi connectivity index (χ2v) is 7.57. The highest BCUT2D eigenvalue weighted by atomic mass is 19.3. The van der Waals surface area contributed by atoms with Gasteiger partial charge in [0.15, 0.2) is 0 Å². The van der Waals surface area contributed by atoms with E-state index in [-0.39, 0.29) is 24.2 Å². The predicted molar refractivity (Wildman–Crippen MR) is 121 cm³/mol. The van der Waals surface area contributed by atoms with Crippen LogP contribution in [0.3, 0.4) is 0 Å². The number of aromatic nitrogens is 4. The Morgan fingerprint density at radius 2 is 1.82 bits per heavy atom. The first kappa shape index (κ1) is 21.6. The van der Waals surface area contributed by atoms with E-state index in [2.05, 4.69) is 20.0 Å². The summed E-state index contributed by atoms with van der Waals surface area (Å²) in [6.07, 6.45) is 1.87. The van der Waals surface area contributed by atoms with Crippen LogP contribution < -0.4 is 19.3 Å². The molecule has 0 atom stereocenters. The number of fused-ring (bicyclic) bond motifs is 2. The third kappa shape index (κ3) is 3.96. The van der Waals surface area contributed by atoms with E-state index in [1.165, 1.54) is 29.2 Å². The quantitative estimate of drug-likeness (QED) is 0.412. The molecule has 2 amide bonds. The first-order chi connectivity index (χ1) is 16.4. The van der Waals surface area contributed by atoms with Gasteiger partial charge in [-0.15, -0.1) is 10.2 Å². The molecule has 4 aromatic rings. The Bertz CT molecular complexity index is 1360. The molecule has 1 aliphatic rings. The van der Waals surface area contributed by atoms with Crippen LogP contribution in [-0.2, 0) is 13.6 Å². The molecule has 0 unspecified atom stereocenters. The maximum atomic E-state index is 13.8. The number of halogens is 2. The Kier molecular flexibility index (Phi) is 5.44. The molecule has 34 heavy (non-hydrogen) atoms. The normalized spacial score (nSPS) is 13.5. The molecule has 174 valence electrons. The Hall–Kier alpha value is -4.28. The molecule has 9 nitrogen and oxygen atoms in total. The van der Waals surface area contributed by atoms with E-state index in [1.54, 1.807) is 15.6 Å². The number of hydrogen-bond donors (Lipinski definition) is 0. The average Bonchev–Trinajstić information content (AvgIpc) is 3.18. The topological polar surface area (TPSA) is 85.6 Å². The smallest absolute Gasteiger partial charge is 0.387 e. The van der Waals surface area contributed by atoms with Crippen LogP contribution in [0.1, 0.15) is 12.6 Å². The number of alkyl halides is 2. The molecule has 2 aromatic carbocycles. The third-order valence-corrected chi connectivity index (χ3v) is 5.32. The molecule has 0 aliphatic carbocycles. The number of nitrogens with zero attached hydrogens (tertiary/aromatic N) is 6. The summed E-state index contributed by atoms with van der Waals surface area (Å²) in [4.78, 5) is 16.8. The van der Waals surface area contributed by atoms with Gasteiger partial charge in [-0.3, -0.25) is 14.5 Å². The van der Waals surface area contributed by atoms with Crippen molar-refractivity contribution in [2.75, 3.05) is 16.4 Å². The van der Waals surface area contributed by atoms with Gasteiger partial charge in [-0.1, -0.05) is 0 Å². The lowest BCUT2D eigenvalue weighted by molar-refractivity contribution is -0.0498. The van der Waals surface area contributed by atoms with E-state index >= 15 is 0 Å². The molecular formula is C23H20F2N6O3. The van der Waals surface area contributed by atoms with Gasteiger partial charge in [0.1, 0.15) is 11.4 Å². The van der Waals surface area contributed by atoms with Gasteiger partial charge in [0.05, 0.1) is 30.0 Å². The van der Waals surface area contributed by atoms with E-state index < -0.39 is 6.61 Å². The Morgan fingerprint density at radius 1 is 1.06 bits per heavy atom. The van der Waals surface area contributed by atoms with Crippen molar-refractivity contribution in [1.29, 1.82) is 0 Å². The summed E-state index contributed by atoms with van der Waals surface area (Å²) in [6, 6.07) is 12.7. The van der Waals surface area contributed by atoms with Crippen LogP contribution in [0, 0.1) is 0 Å². The molecule has 5 rings (SSSR count). The van der Waals surface area contributed by atoms with E-state index in [0.29, 0.717) is 29.4 Å². The number of aryl methyl sites for hydroxylation is 1. The highest BCUT2D eigenvalue weighted by Crippen LogP contribution is 2.38. The van der Waals surface area contributed by atoms with Crippen molar-refractivity contribution in [2.24, 2.45) is 7.05 Å². The molecule has 0 saturated carbocycles. The molecule has 11 heteroatoms. The van der Waals surface area contributed by atoms with Crippen molar-refractivity contribution < 1.29 is 23.0 Å². The number of rotatable bonds is 6. The van der Waals surface area contributed by atoms with Gasteiger partial charge in [0.25, 0.3) is 0 Å². The number of benzene rings is 2. The van der Waals surface area contributed by atoms with E-state index in [1.807, 2.05) is 38.4 Å². The zero-order chi connectivity index (χ0) is 23.8. The Morgan fingerprint density at radius 3 is 2.56 bits per heavy atom. The highest BCUT2D eigenvalue weighted by molar-refractivity contribution is 6.11. The van der Waals surface area contributed by atoms with Gasteiger partial charge >= 0.3 is 12.6 Å². The summed E-state index contributed by atoms with van der Waals surface area (Å²) in [6.45, 7) is -0.534. The molecule has 0 saturated heterocycles. The summed E-state index contributed by atoms with van der Waals surface area (Å²) in [7, 11) is 1.83. The minimum Gasteiger partial charge on any atom is -0.477 e. The minimum atomic E-state index is -2.94. The highest BCUT2D eigenvalue weighted by Gasteiger charge is 2.34. The van der Waals surface area contributed by atoms with Crippen LogP contribution in [-0.4, -0.2) is 39.2 Å². The third-order valence-electron chi connectivity index (χ3n) is 5.32. The van der Waals surface area contributed by atoms with E-state index in [4.69, 9.17) is 4.74 Å². The zero-order valence-corrected chi connectivity index (χ0v) is 18.4. The summed E-state index contributed by atoms with van der Waals surface area (Å²) in [5, 5.41) is 13.7. The van der Waals surface area contributed by atoms with Gasteiger partial charge in [-0.2, -0.15) is 13.9 Å². The summed E-state index contributed by atoms with van der Waals surface area (Å²) >= 11 is 0. The molecule has 0 spiro atoms. The molecule has 3 heterocycles. The number of carbonyl (C=O) groups excluding carboxylic acids is 1. The largest absolute Gasteiger partial charge is 0.477 e. The van der Waals surface area contributed by atoms with Gasteiger partial charge < -0.3 is 9.47 Å². The molecule has 2 aromatic heterocycles. The lowest BCUT2D eigenvalue weighted by atomic mass is 10.1. The summed E-state index contributed by atoms with van der Waals surface area (Å²) < 4.78 is 36.8. The second-order valence-electron chi connectivity index (χ2n) is 7.57. The standard InChI is InChI=1S/C23H20F2N6O3/c1-3-33-21-11-20-19(26-27-21)13-30(16-6-9-18-14(10-16)12-29(2)28-18)23(32)31(20)15-4-7-17(8-5-15)34-22(24)25/h4-12,22H,3,13H2,1-2H3. The maximum Gasteiger partial charge on any atom is 0.387 e.